The van der Waals surface area contributed by atoms with E-state index in [0.29, 0.717) is 0 Å². The quantitative estimate of drug-likeness (QED) is 0.702. The molecule has 0 bridgehead atoms. The SMILES string of the molecule is CCN(CC1CC1)c1ccc(CNCCOC)c(C)c1. The van der Waals surface area contributed by atoms with E-state index in [1.165, 1.54) is 36.2 Å². The predicted octanol–water partition coefficient (Wildman–Crippen LogP) is 2.97. The van der Waals surface area contributed by atoms with Crippen LogP contribution in [0.3, 0.4) is 0 Å². The molecule has 0 amide bonds. The molecule has 1 saturated carbocycles. The third kappa shape index (κ3) is 4.50. The van der Waals surface area contributed by atoms with Gasteiger partial charge in [0, 0.05) is 39.0 Å². The normalized spacial score (nSPS) is 14.6. The molecule has 20 heavy (non-hydrogen) atoms. The minimum atomic E-state index is 0.766. The summed E-state index contributed by atoms with van der Waals surface area (Å²) in [6.45, 7) is 9.37. The summed E-state index contributed by atoms with van der Waals surface area (Å²) in [7, 11) is 1.74. The molecule has 1 aliphatic rings. The van der Waals surface area contributed by atoms with Gasteiger partial charge in [0.25, 0.3) is 0 Å². The zero-order valence-corrected chi connectivity index (χ0v) is 13.1. The number of nitrogens with one attached hydrogen (secondary N) is 1. The van der Waals surface area contributed by atoms with Crippen LogP contribution < -0.4 is 10.2 Å². The molecule has 1 aromatic rings. The van der Waals surface area contributed by atoms with Gasteiger partial charge in [0.15, 0.2) is 0 Å². The van der Waals surface area contributed by atoms with Gasteiger partial charge in [-0.15, -0.1) is 0 Å². The monoisotopic (exact) mass is 276 g/mol. The van der Waals surface area contributed by atoms with Crippen LogP contribution in [0.1, 0.15) is 30.9 Å². The molecule has 0 heterocycles. The Labute approximate surface area is 123 Å². The van der Waals surface area contributed by atoms with Gasteiger partial charge in [0.05, 0.1) is 6.61 Å². The van der Waals surface area contributed by atoms with Crippen LogP contribution in [0.2, 0.25) is 0 Å². The Hall–Kier alpha value is -1.06. The molecule has 0 radical (unpaired) electrons. The number of rotatable bonds is 9. The number of ether oxygens (including phenoxy) is 1. The second-order valence-electron chi connectivity index (χ2n) is 5.76. The summed E-state index contributed by atoms with van der Waals surface area (Å²) in [5, 5.41) is 3.41. The molecule has 1 N–H and O–H groups in total. The fourth-order valence-electron chi connectivity index (χ4n) is 2.50. The molecule has 1 fully saturated rings. The van der Waals surface area contributed by atoms with Gasteiger partial charge in [0.2, 0.25) is 0 Å². The van der Waals surface area contributed by atoms with Crippen LogP contribution in [0.15, 0.2) is 18.2 Å². The first-order valence-corrected chi connectivity index (χ1v) is 7.78. The van der Waals surface area contributed by atoms with Crippen molar-refractivity contribution in [3.63, 3.8) is 0 Å². The maximum absolute atomic E-state index is 5.05. The van der Waals surface area contributed by atoms with E-state index in [9.17, 15) is 0 Å². The van der Waals surface area contributed by atoms with Crippen molar-refractivity contribution in [3.05, 3.63) is 29.3 Å². The lowest BCUT2D eigenvalue weighted by Gasteiger charge is -2.24. The summed E-state index contributed by atoms with van der Waals surface area (Å²) < 4.78 is 5.05. The fraction of sp³-hybridized carbons (Fsp3) is 0.647. The highest BCUT2D eigenvalue weighted by Crippen LogP contribution is 2.31. The lowest BCUT2D eigenvalue weighted by Crippen LogP contribution is -2.25. The van der Waals surface area contributed by atoms with Crippen molar-refractivity contribution in [3.8, 4) is 0 Å². The number of nitrogens with zero attached hydrogens (tertiary/aromatic N) is 1. The maximum Gasteiger partial charge on any atom is 0.0587 e. The summed E-state index contributed by atoms with van der Waals surface area (Å²) in [6.07, 6.45) is 2.83. The molecule has 0 spiro atoms. The molecule has 0 aromatic heterocycles. The Morgan fingerprint density at radius 2 is 2.15 bits per heavy atom. The van der Waals surface area contributed by atoms with Crippen LogP contribution in [0.5, 0.6) is 0 Å². The molecule has 0 saturated heterocycles. The van der Waals surface area contributed by atoms with E-state index < -0.39 is 0 Å². The molecule has 3 nitrogen and oxygen atoms in total. The van der Waals surface area contributed by atoms with Gasteiger partial charge in [-0.05, 0) is 55.9 Å². The lowest BCUT2D eigenvalue weighted by molar-refractivity contribution is 0.199. The fourth-order valence-corrected chi connectivity index (χ4v) is 2.50. The van der Waals surface area contributed by atoms with Gasteiger partial charge in [0.1, 0.15) is 0 Å². The first-order valence-electron chi connectivity index (χ1n) is 7.78. The summed E-state index contributed by atoms with van der Waals surface area (Å²) >= 11 is 0. The van der Waals surface area contributed by atoms with Gasteiger partial charge in [-0.1, -0.05) is 6.07 Å². The van der Waals surface area contributed by atoms with Crippen LogP contribution in [-0.2, 0) is 11.3 Å². The second-order valence-corrected chi connectivity index (χ2v) is 5.76. The third-order valence-electron chi connectivity index (χ3n) is 4.05. The predicted molar refractivity (Wildman–Crippen MR) is 85.4 cm³/mol. The van der Waals surface area contributed by atoms with Crippen molar-refractivity contribution in [2.24, 2.45) is 5.92 Å². The molecule has 0 unspecified atom stereocenters. The van der Waals surface area contributed by atoms with Gasteiger partial charge in [-0.3, -0.25) is 0 Å². The molecule has 2 rings (SSSR count). The smallest absolute Gasteiger partial charge is 0.0587 e. The number of aryl methyl sites for hydroxylation is 1. The van der Waals surface area contributed by atoms with Crippen molar-refractivity contribution in [2.75, 3.05) is 38.3 Å². The minimum absolute atomic E-state index is 0.766. The van der Waals surface area contributed by atoms with Crippen molar-refractivity contribution in [1.82, 2.24) is 5.32 Å². The molecular weight excluding hydrogens is 248 g/mol. The number of benzene rings is 1. The maximum atomic E-state index is 5.05. The van der Waals surface area contributed by atoms with Crippen molar-refractivity contribution in [1.29, 1.82) is 0 Å². The van der Waals surface area contributed by atoms with E-state index in [1.807, 2.05) is 0 Å². The molecular formula is C17H28N2O. The standard InChI is InChI=1S/C17H28N2O/c1-4-19(13-15-5-6-15)17-8-7-16(14(2)11-17)12-18-9-10-20-3/h7-8,11,15,18H,4-6,9-10,12-13H2,1-3H3. The molecule has 1 aromatic carbocycles. The summed E-state index contributed by atoms with van der Waals surface area (Å²) in [6, 6.07) is 6.87. The van der Waals surface area contributed by atoms with Crippen LogP contribution >= 0.6 is 0 Å². The molecule has 3 heteroatoms. The number of hydrogen-bond acceptors (Lipinski definition) is 3. The van der Waals surface area contributed by atoms with E-state index in [0.717, 1.165) is 32.2 Å². The number of anilines is 1. The Kier molecular flexibility index (Phi) is 5.86. The first-order chi connectivity index (χ1) is 9.74. The Balaban J connectivity index is 1.92. The average Bonchev–Trinajstić information content (AvgIpc) is 3.26. The highest BCUT2D eigenvalue weighted by Gasteiger charge is 2.23. The Morgan fingerprint density at radius 3 is 2.75 bits per heavy atom. The summed E-state index contributed by atoms with van der Waals surface area (Å²) in [4.78, 5) is 2.51. The highest BCUT2D eigenvalue weighted by atomic mass is 16.5. The number of methoxy groups -OCH3 is 1. The van der Waals surface area contributed by atoms with Crippen LogP contribution in [0.4, 0.5) is 5.69 Å². The number of hydrogen-bond donors (Lipinski definition) is 1. The molecule has 1 aliphatic carbocycles. The van der Waals surface area contributed by atoms with Gasteiger partial charge >= 0.3 is 0 Å². The zero-order valence-electron chi connectivity index (χ0n) is 13.1. The van der Waals surface area contributed by atoms with E-state index in [4.69, 9.17) is 4.74 Å². The van der Waals surface area contributed by atoms with Gasteiger partial charge < -0.3 is 15.0 Å². The minimum Gasteiger partial charge on any atom is -0.383 e. The summed E-state index contributed by atoms with van der Waals surface area (Å²) in [5.41, 5.74) is 4.13. The zero-order chi connectivity index (χ0) is 14.4. The summed E-state index contributed by atoms with van der Waals surface area (Å²) in [5.74, 6) is 0.936. The first kappa shape index (κ1) is 15.3. The van der Waals surface area contributed by atoms with Gasteiger partial charge in [-0.25, -0.2) is 0 Å². The topological polar surface area (TPSA) is 24.5 Å². The molecule has 112 valence electrons. The van der Waals surface area contributed by atoms with Gasteiger partial charge in [-0.2, -0.15) is 0 Å². The van der Waals surface area contributed by atoms with Crippen molar-refractivity contribution in [2.45, 2.75) is 33.2 Å². The van der Waals surface area contributed by atoms with Crippen molar-refractivity contribution >= 4 is 5.69 Å². The van der Waals surface area contributed by atoms with Crippen LogP contribution in [-0.4, -0.2) is 33.4 Å². The van der Waals surface area contributed by atoms with Crippen LogP contribution in [0.25, 0.3) is 0 Å². The van der Waals surface area contributed by atoms with Crippen molar-refractivity contribution < 1.29 is 4.74 Å². The van der Waals surface area contributed by atoms with E-state index >= 15 is 0 Å². The Bertz CT molecular complexity index is 415. The largest absolute Gasteiger partial charge is 0.383 e. The van der Waals surface area contributed by atoms with E-state index in [-0.39, 0.29) is 0 Å². The highest BCUT2D eigenvalue weighted by molar-refractivity contribution is 5.51. The molecule has 0 aliphatic heterocycles. The lowest BCUT2D eigenvalue weighted by atomic mass is 10.1. The van der Waals surface area contributed by atoms with E-state index in [1.54, 1.807) is 7.11 Å². The Morgan fingerprint density at radius 1 is 1.35 bits per heavy atom. The van der Waals surface area contributed by atoms with Crippen LogP contribution in [0, 0.1) is 12.8 Å². The third-order valence-corrected chi connectivity index (χ3v) is 4.05. The molecule has 0 atom stereocenters. The van der Waals surface area contributed by atoms with E-state index in [2.05, 4.69) is 42.3 Å². The average molecular weight is 276 g/mol. The second kappa shape index (κ2) is 7.65.